The number of benzene rings is 2. The molecule has 0 unspecified atom stereocenters. The van der Waals surface area contributed by atoms with Crippen LogP contribution in [0.1, 0.15) is 12.5 Å². The number of hydrogen-bond acceptors (Lipinski definition) is 4. The number of methoxy groups -OCH3 is 1. The summed E-state index contributed by atoms with van der Waals surface area (Å²) in [5.41, 5.74) is 0.884. The Morgan fingerprint density at radius 1 is 1.24 bits per heavy atom. The van der Waals surface area contributed by atoms with Crippen molar-refractivity contribution in [3.05, 3.63) is 48.0 Å². The summed E-state index contributed by atoms with van der Waals surface area (Å²) in [7, 11) is 1.63. The second-order valence-electron chi connectivity index (χ2n) is 4.51. The van der Waals surface area contributed by atoms with Crippen LogP contribution in [0.15, 0.2) is 42.5 Å². The predicted octanol–water partition coefficient (Wildman–Crippen LogP) is 3.32. The van der Waals surface area contributed by atoms with E-state index in [4.69, 9.17) is 14.7 Å². The van der Waals surface area contributed by atoms with E-state index in [0.717, 1.165) is 22.1 Å². The van der Waals surface area contributed by atoms with Crippen LogP contribution in [0, 0.1) is 11.3 Å². The third-order valence-corrected chi connectivity index (χ3v) is 2.96. The lowest BCUT2D eigenvalue weighted by Gasteiger charge is -2.04. The number of carbonyl (C=O) groups excluding carboxylic acids is 1. The van der Waals surface area contributed by atoms with Crippen LogP contribution in [0.25, 0.3) is 16.8 Å². The van der Waals surface area contributed by atoms with Gasteiger partial charge in [-0.05, 0) is 47.5 Å². The average Bonchev–Trinajstić information content (AvgIpc) is 2.52. The van der Waals surface area contributed by atoms with E-state index in [9.17, 15) is 4.79 Å². The molecule has 106 valence electrons. The zero-order valence-electron chi connectivity index (χ0n) is 11.9. The minimum Gasteiger partial charge on any atom is -0.497 e. The van der Waals surface area contributed by atoms with Crippen molar-refractivity contribution >= 4 is 22.8 Å². The average molecular weight is 281 g/mol. The Bertz CT molecular complexity index is 728. The molecule has 4 heteroatoms. The smallest absolute Gasteiger partial charge is 0.332 e. The second kappa shape index (κ2) is 6.58. The van der Waals surface area contributed by atoms with Crippen LogP contribution in [-0.2, 0) is 9.53 Å². The molecule has 21 heavy (non-hydrogen) atoms. The first-order chi connectivity index (χ1) is 10.1. The Morgan fingerprint density at radius 2 is 1.95 bits per heavy atom. The van der Waals surface area contributed by atoms with E-state index in [2.05, 4.69) is 0 Å². The van der Waals surface area contributed by atoms with Crippen molar-refractivity contribution in [1.29, 1.82) is 5.26 Å². The second-order valence-corrected chi connectivity index (χ2v) is 4.51. The fourth-order valence-corrected chi connectivity index (χ4v) is 1.88. The highest BCUT2D eigenvalue weighted by molar-refractivity contribution is 5.90. The van der Waals surface area contributed by atoms with Crippen LogP contribution in [0.2, 0.25) is 0 Å². The van der Waals surface area contributed by atoms with Crippen LogP contribution >= 0.6 is 0 Å². The first kappa shape index (κ1) is 14.6. The maximum absolute atomic E-state index is 11.5. The molecule has 0 saturated carbocycles. The van der Waals surface area contributed by atoms with Gasteiger partial charge in [-0.3, -0.25) is 0 Å². The van der Waals surface area contributed by atoms with Crippen molar-refractivity contribution in [2.24, 2.45) is 0 Å². The molecule has 0 aromatic heterocycles. The van der Waals surface area contributed by atoms with Gasteiger partial charge in [-0.2, -0.15) is 5.26 Å². The van der Waals surface area contributed by atoms with Gasteiger partial charge in [-0.1, -0.05) is 18.2 Å². The van der Waals surface area contributed by atoms with E-state index in [-0.39, 0.29) is 0 Å². The third kappa shape index (κ3) is 3.83. The minimum absolute atomic E-state index is 0.529. The van der Waals surface area contributed by atoms with E-state index >= 15 is 0 Å². The summed E-state index contributed by atoms with van der Waals surface area (Å²) in [5, 5.41) is 10.7. The molecule has 0 amide bonds. The Labute approximate surface area is 123 Å². The first-order valence-electron chi connectivity index (χ1n) is 6.48. The number of ether oxygens (including phenoxy) is 2. The molecule has 2 aromatic carbocycles. The molecular formula is C17H15NO3. The minimum atomic E-state index is -0.744. The molecule has 0 heterocycles. The fraction of sp³-hybridized carbons (Fsp3) is 0.176. The van der Waals surface area contributed by atoms with Crippen molar-refractivity contribution in [1.82, 2.24) is 0 Å². The van der Waals surface area contributed by atoms with Crippen LogP contribution in [0.3, 0.4) is 0 Å². The zero-order chi connectivity index (χ0) is 15.2. The third-order valence-electron chi connectivity index (χ3n) is 2.96. The molecule has 0 aliphatic carbocycles. The number of esters is 1. The van der Waals surface area contributed by atoms with Crippen molar-refractivity contribution in [2.45, 2.75) is 13.0 Å². The number of hydrogen-bond donors (Lipinski definition) is 0. The van der Waals surface area contributed by atoms with Crippen LogP contribution in [0.4, 0.5) is 0 Å². The molecule has 0 N–H and O–H groups in total. The molecule has 0 fully saturated rings. The number of carbonyl (C=O) groups is 1. The van der Waals surface area contributed by atoms with Gasteiger partial charge in [0.1, 0.15) is 11.8 Å². The van der Waals surface area contributed by atoms with E-state index in [1.54, 1.807) is 13.2 Å². The quantitative estimate of drug-likeness (QED) is 0.637. The number of rotatable bonds is 4. The van der Waals surface area contributed by atoms with Gasteiger partial charge in [0.15, 0.2) is 6.10 Å². The highest BCUT2D eigenvalue weighted by Crippen LogP contribution is 2.22. The predicted molar refractivity (Wildman–Crippen MR) is 80.7 cm³/mol. The monoisotopic (exact) mass is 281 g/mol. The summed E-state index contributed by atoms with van der Waals surface area (Å²) < 4.78 is 10.0. The van der Waals surface area contributed by atoms with Gasteiger partial charge in [-0.15, -0.1) is 0 Å². The summed E-state index contributed by atoms with van der Waals surface area (Å²) in [6, 6.07) is 13.5. The van der Waals surface area contributed by atoms with Crippen molar-refractivity contribution < 1.29 is 14.3 Å². The van der Waals surface area contributed by atoms with Gasteiger partial charge in [0, 0.05) is 6.08 Å². The Morgan fingerprint density at radius 3 is 2.67 bits per heavy atom. The summed E-state index contributed by atoms with van der Waals surface area (Å²) in [5.74, 6) is 0.277. The van der Waals surface area contributed by atoms with Gasteiger partial charge in [-0.25, -0.2) is 4.79 Å². The summed E-state index contributed by atoms with van der Waals surface area (Å²) in [6.07, 6.45) is 2.24. The zero-order valence-corrected chi connectivity index (χ0v) is 11.9. The topological polar surface area (TPSA) is 59.3 Å². The lowest BCUT2D eigenvalue weighted by atomic mass is 10.1. The van der Waals surface area contributed by atoms with Gasteiger partial charge in [0.25, 0.3) is 0 Å². The molecular weight excluding hydrogens is 266 g/mol. The van der Waals surface area contributed by atoms with Gasteiger partial charge >= 0.3 is 5.97 Å². The van der Waals surface area contributed by atoms with Crippen molar-refractivity contribution in [3.63, 3.8) is 0 Å². The fourth-order valence-electron chi connectivity index (χ4n) is 1.88. The summed E-state index contributed by atoms with van der Waals surface area (Å²) in [4.78, 5) is 11.5. The Balaban J connectivity index is 2.16. The maximum atomic E-state index is 11.5. The molecule has 0 spiro atoms. The summed E-state index contributed by atoms with van der Waals surface area (Å²) >= 11 is 0. The molecule has 2 aromatic rings. The number of nitrogens with zero attached hydrogens (tertiary/aromatic N) is 1. The first-order valence-corrected chi connectivity index (χ1v) is 6.48. The SMILES string of the molecule is COc1ccc2cc(/C=C/C(=O)O[C@@H](C)C#N)ccc2c1. The van der Waals surface area contributed by atoms with E-state index in [1.165, 1.54) is 13.0 Å². The molecule has 0 aliphatic rings. The van der Waals surface area contributed by atoms with Crippen LogP contribution < -0.4 is 4.74 Å². The van der Waals surface area contributed by atoms with Crippen molar-refractivity contribution in [2.75, 3.05) is 7.11 Å². The Kier molecular flexibility index (Phi) is 4.57. The largest absolute Gasteiger partial charge is 0.497 e. The normalized spacial score (nSPS) is 12.0. The number of nitriles is 1. The molecule has 4 nitrogen and oxygen atoms in total. The molecule has 0 bridgehead atoms. The highest BCUT2D eigenvalue weighted by Gasteiger charge is 2.04. The molecule has 2 rings (SSSR count). The Hall–Kier alpha value is -2.80. The molecule has 0 radical (unpaired) electrons. The van der Waals surface area contributed by atoms with Gasteiger partial charge in [0.2, 0.25) is 0 Å². The molecule has 0 aliphatic heterocycles. The molecule has 1 atom stereocenters. The van der Waals surface area contributed by atoms with Crippen LogP contribution in [0.5, 0.6) is 5.75 Å². The van der Waals surface area contributed by atoms with E-state index < -0.39 is 12.1 Å². The standard InChI is InChI=1S/C17H15NO3/c1-12(11-18)21-17(19)8-4-13-3-5-15-10-16(20-2)7-6-14(15)9-13/h3-10,12H,1-2H3/b8-4+/t12-/m0/s1. The van der Waals surface area contributed by atoms with Crippen LogP contribution in [-0.4, -0.2) is 19.2 Å². The van der Waals surface area contributed by atoms with Gasteiger partial charge in [0.05, 0.1) is 7.11 Å². The summed E-state index contributed by atoms with van der Waals surface area (Å²) in [6.45, 7) is 1.52. The van der Waals surface area contributed by atoms with E-state index in [0.29, 0.717) is 0 Å². The highest BCUT2D eigenvalue weighted by atomic mass is 16.5. The number of fused-ring (bicyclic) bond motifs is 1. The maximum Gasteiger partial charge on any atom is 0.332 e. The van der Waals surface area contributed by atoms with Gasteiger partial charge < -0.3 is 9.47 Å². The van der Waals surface area contributed by atoms with E-state index in [1.807, 2.05) is 42.5 Å². The van der Waals surface area contributed by atoms with Crippen molar-refractivity contribution in [3.8, 4) is 11.8 Å². The lowest BCUT2D eigenvalue weighted by Crippen LogP contribution is -2.10. The molecule has 0 saturated heterocycles. The lowest BCUT2D eigenvalue weighted by molar-refractivity contribution is -0.139.